The number of benzene rings is 3. The Kier molecular flexibility index (Phi) is 4.70. The Morgan fingerprint density at radius 3 is 2.04 bits per heavy atom. The largest absolute Gasteiger partial charge is 0.488 e. The summed E-state index contributed by atoms with van der Waals surface area (Å²) in [4.78, 5) is 0. The number of aromatic nitrogens is 1. The molecule has 120 valence electrons. The Labute approximate surface area is 141 Å². The molecule has 0 spiro atoms. The monoisotopic (exact) mass is 317 g/mol. The summed E-state index contributed by atoms with van der Waals surface area (Å²) in [7, 11) is -1.46. The van der Waals surface area contributed by atoms with Crippen molar-refractivity contribution in [3.63, 3.8) is 0 Å². The molecule has 0 amide bonds. The fraction of sp³-hybridized carbons (Fsp3) is 0.100. The van der Waals surface area contributed by atoms with E-state index >= 15 is 0 Å². The Hall–Kier alpha value is -2.56. The molecule has 0 saturated carbocycles. The van der Waals surface area contributed by atoms with Gasteiger partial charge in [0.2, 0.25) is 0 Å². The molecule has 3 aromatic carbocycles. The van der Waals surface area contributed by atoms with Crippen molar-refractivity contribution in [2.45, 2.75) is 13.8 Å². The van der Waals surface area contributed by atoms with E-state index in [-0.39, 0.29) is 0 Å². The first-order chi connectivity index (χ1) is 11.8. The third-order valence-corrected chi connectivity index (χ3v) is 4.01. The highest BCUT2D eigenvalue weighted by Gasteiger charge is 2.16. The van der Waals surface area contributed by atoms with Crippen LogP contribution in [0.25, 0.3) is 27.5 Å². The first-order valence-electron chi connectivity index (χ1n) is 8.20. The third kappa shape index (κ3) is 2.71. The van der Waals surface area contributed by atoms with Gasteiger partial charge in [0, 0.05) is 16.5 Å². The molecule has 3 nitrogen and oxygen atoms in total. The van der Waals surface area contributed by atoms with Crippen LogP contribution in [0.15, 0.2) is 72.8 Å². The minimum absolute atomic E-state index is 0.503. The minimum atomic E-state index is -1.46. The summed E-state index contributed by atoms with van der Waals surface area (Å²) in [6.45, 7) is 4.00. The lowest BCUT2D eigenvalue weighted by Gasteiger charge is -2.07. The molecule has 0 aliphatic carbocycles. The van der Waals surface area contributed by atoms with Crippen LogP contribution >= 0.6 is 0 Å². The van der Waals surface area contributed by atoms with Crippen LogP contribution in [0.3, 0.4) is 0 Å². The Morgan fingerprint density at radius 1 is 0.708 bits per heavy atom. The van der Waals surface area contributed by atoms with E-state index < -0.39 is 7.12 Å². The first-order valence-corrected chi connectivity index (χ1v) is 8.20. The van der Waals surface area contributed by atoms with Gasteiger partial charge in [0.05, 0.1) is 11.0 Å². The molecule has 4 rings (SSSR count). The van der Waals surface area contributed by atoms with Crippen LogP contribution in [0.2, 0.25) is 0 Å². The average molecular weight is 317 g/mol. The molecule has 1 heterocycles. The van der Waals surface area contributed by atoms with Crippen molar-refractivity contribution in [2.24, 2.45) is 0 Å². The predicted octanol–water partition coefficient (Wildman–Crippen LogP) is 3.49. The normalized spacial score (nSPS) is 10.5. The van der Waals surface area contributed by atoms with Crippen LogP contribution in [0.5, 0.6) is 0 Å². The zero-order valence-corrected chi connectivity index (χ0v) is 13.8. The molecule has 4 heteroatoms. The zero-order valence-electron chi connectivity index (χ0n) is 13.8. The van der Waals surface area contributed by atoms with Crippen LogP contribution in [0.1, 0.15) is 13.8 Å². The van der Waals surface area contributed by atoms with E-state index in [1.54, 1.807) is 6.07 Å². The lowest BCUT2D eigenvalue weighted by atomic mass is 9.80. The summed E-state index contributed by atoms with van der Waals surface area (Å²) in [6.07, 6.45) is 0. The van der Waals surface area contributed by atoms with Crippen molar-refractivity contribution in [3.05, 3.63) is 72.8 Å². The molecule has 0 unspecified atom stereocenters. The molecule has 0 radical (unpaired) electrons. The van der Waals surface area contributed by atoms with E-state index in [4.69, 9.17) is 0 Å². The summed E-state index contributed by atoms with van der Waals surface area (Å²) in [5, 5.41) is 21.0. The molecular formula is C20H20BNO2. The summed E-state index contributed by atoms with van der Waals surface area (Å²) in [5.74, 6) is 0. The predicted molar refractivity (Wildman–Crippen MR) is 102 cm³/mol. The number of fused-ring (bicyclic) bond motifs is 3. The van der Waals surface area contributed by atoms with E-state index in [1.807, 2.05) is 56.3 Å². The fourth-order valence-corrected chi connectivity index (χ4v) is 3.01. The van der Waals surface area contributed by atoms with Gasteiger partial charge >= 0.3 is 7.12 Å². The van der Waals surface area contributed by atoms with Crippen LogP contribution in [0, 0.1) is 0 Å². The number of hydrogen-bond donors (Lipinski definition) is 2. The molecular weight excluding hydrogens is 297 g/mol. The molecule has 4 aromatic rings. The van der Waals surface area contributed by atoms with Crippen LogP contribution in [-0.4, -0.2) is 21.7 Å². The van der Waals surface area contributed by atoms with Crippen molar-refractivity contribution in [2.75, 3.05) is 0 Å². The van der Waals surface area contributed by atoms with Gasteiger partial charge in [0.1, 0.15) is 0 Å². The Morgan fingerprint density at radius 2 is 1.33 bits per heavy atom. The number of rotatable bonds is 2. The molecule has 0 saturated heterocycles. The van der Waals surface area contributed by atoms with Crippen molar-refractivity contribution >= 4 is 34.4 Å². The molecule has 0 bridgehead atoms. The second-order valence-corrected chi connectivity index (χ2v) is 5.34. The first kappa shape index (κ1) is 16.3. The fourth-order valence-electron chi connectivity index (χ4n) is 3.01. The standard InChI is InChI=1S/C18H14BNO2.C2H6/c21-19(22)13-10-11-18-16(12-13)15-8-4-5-9-17(15)20(18)14-6-2-1-3-7-14;1-2/h1-12,21-22H;1-2H3. The van der Waals surface area contributed by atoms with Gasteiger partial charge in [-0.15, -0.1) is 0 Å². The number of nitrogens with zero attached hydrogens (tertiary/aromatic N) is 1. The van der Waals surface area contributed by atoms with E-state index in [1.165, 1.54) is 0 Å². The summed E-state index contributed by atoms with van der Waals surface area (Å²) < 4.78 is 2.19. The van der Waals surface area contributed by atoms with Gasteiger partial charge in [-0.2, -0.15) is 0 Å². The van der Waals surface area contributed by atoms with Gasteiger partial charge in [0.25, 0.3) is 0 Å². The minimum Gasteiger partial charge on any atom is -0.423 e. The molecule has 0 atom stereocenters. The second-order valence-electron chi connectivity index (χ2n) is 5.34. The maximum absolute atomic E-state index is 9.43. The Balaban J connectivity index is 0.000000815. The number of para-hydroxylation sites is 2. The highest BCUT2D eigenvalue weighted by atomic mass is 16.4. The van der Waals surface area contributed by atoms with Gasteiger partial charge in [0.15, 0.2) is 0 Å². The second kappa shape index (κ2) is 6.91. The topological polar surface area (TPSA) is 45.4 Å². The average Bonchev–Trinajstić information content (AvgIpc) is 2.98. The van der Waals surface area contributed by atoms with E-state index in [0.29, 0.717) is 5.46 Å². The summed E-state index contributed by atoms with van der Waals surface area (Å²) in [6, 6.07) is 23.9. The SMILES string of the molecule is CC.OB(O)c1ccc2c(c1)c1ccccc1n2-c1ccccc1. The zero-order chi connectivity index (χ0) is 17.1. The van der Waals surface area contributed by atoms with E-state index in [9.17, 15) is 10.0 Å². The van der Waals surface area contributed by atoms with Gasteiger partial charge in [-0.25, -0.2) is 0 Å². The van der Waals surface area contributed by atoms with Crippen LogP contribution < -0.4 is 5.46 Å². The van der Waals surface area contributed by atoms with E-state index in [0.717, 1.165) is 27.5 Å². The summed E-state index contributed by atoms with van der Waals surface area (Å²) >= 11 is 0. The highest BCUT2D eigenvalue weighted by molar-refractivity contribution is 6.59. The molecule has 2 N–H and O–H groups in total. The Bertz CT molecular complexity index is 961. The molecule has 0 fully saturated rings. The summed E-state index contributed by atoms with van der Waals surface area (Å²) in [5.41, 5.74) is 3.75. The number of hydrogen-bond acceptors (Lipinski definition) is 2. The maximum atomic E-state index is 9.43. The van der Waals surface area contributed by atoms with Crippen LogP contribution in [0.4, 0.5) is 0 Å². The highest BCUT2D eigenvalue weighted by Crippen LogP contribution is 2.31. The molecule has 1 aromatic heterocycles. The molecule has 0 aliphatic heterocycles. The smallest absolute Gasteiger partial charge is 0.423 e. The van der Waals surface area contributed by atoms with Gasteiger partial charge in [-0.3, -0.25) is 0 Å². The maximum Gasteiger partial charge on any atom is 0.488 e. The van der Waals surface area contributed by atoms with E-state index in [2.05, 4.69) is 28.8 Å². The third-order valence-electron chi connectivity index (χ3n) is 4.01. The van der Waals surface area contributed by atoms with Crippen LogP contribution in [-0.2, 0) is 0 Å². The lowest BCUT2D eigenvalue weighted by molar-refractivity contribution is 0.426. The van der Waals surface area contributed by atoms with Gasteiger partial charge in [-0.1, -0.05) is 62.4 Å². The molecule has 24 heavy (non-hydrogen) atoms. The van der Waals surface area contributed by atoms with Crippen molar-refractivity contribution in [1.29, 1.82) is 0 Å². The van der Waals surface area contributed by atoms with Crippen molar-refractivity contribution < 1.29 is 10.0 Å². The van der Waals surface area contributed by atoms with Crippen molar-refractivity contribution in [1.82, 2.24) is 4.57 Å². The van der Waals surface area contributed by atoms with Gasteiger partial charge < -0.3 is 14.6 Å². The lowest BCUT2D eigenvalue weighted by Crippen LogP contribution is -2.29. The van der Waals surface area contributed by atoms with Gasteiger partial charge in [-0.05, 0) is 29.7 Å². The van der Waals surface area contributed by atoms with Crippen molar-refractivity contribution in [3.8, 4) is 5.69 Å². The molecule has 0 aliphatic rings. The quantitative estimate of drug-likeness (QED) is 0.556.